The van der Waals surface area contributed by atoms with E-state index in [0.29, 0.717) is 10.6 Å². The zero-order valence-corrected chi connectivity index (χ0v) is 10.3. The summed E-state index contributed by atoms with van der Waals surface area (Å²) in [6.07, 6.45) is 3.12. The van der Waals surface area contributed by atoms with Crippen LogP contribution < -0.4 is 5.73 Å². The number of aryl methyl sites for hydroxylation is 1. The van der Waals surface area contributed by atoms with Crippen molar-refractivity contribution in [2.75, 3.05) is 19.8 Å². The molecule has 1 aliphatic rings. The minimum atomic E-state index is -0.908. The van der Waals surface area contributed by atoms with Crippen LogP contribution in [0.15, 0.2) is 0 Å². The summed E-state index contributed by atoms with van der Waals surface area (Å²) in [6, 6.07) is 0.271. The number of carboxylic acid groups (broad SMARTS) is 1. The second-order valence-electron chi connectivity index (χ2n) is 4.36. The fourth-order valence-corrected chi connectivity index (χ4v) is 3.49. The number of nitrogens with zero attached hydrogens (tertiary/aromatic N) is 1. The molecule has 0 aliphatic heterocycles. The minimum Gasteiger partial charge on any atom is -0.477 e. The summed E-state index contributed by atoms with van der Waals surface area (Å²) < 4.78 is 0. The number of carbonyl (C=O) groups is 1. The maximum atomic E-state index is 11.0. The van der Waals surface area contributed by atoms with E-state index in [-0.39, 0.29) is 6.04 Å². The van der Waals surface area contributed by atoms with Gasteiger partial charge in [0, 0.05) is 16.5 Å². The van der Waals surface area contributed by atoms with Gasteiger partial charge < -0.3 is 15.7 Å². The number of hydrogen-bond donors (Lipinski definition) is 2. The summed E-state index contributed by atoms with van der Waals surface area (Å²) in [5.74, 6) is -0.908. The topological polar surface area (TPSA) is 66.6 Å². The monoisotopic (exact) mass is 240 g/mol. The molecule has 0 saturated heterocycles. The molecule has 3 N–H and O–H groups in total. The number of nitrogens with two attached hydrogens (primary N) is 1. The van der Waals surface area contributed by atoms with Crippen LogP contribution in [0.2, 0.25) is 0 Å². The summed E-state index contributed by atoms with van der Waals surface area (Å²) in [4.78, 5) is 14.6. The normalized spacial score (nSPS) is 19.8. The molecule has 88 valence electrons. The first-order valence-corrected chi connectivity index (χ1v) is 6.14. The van der Waals surface area contributed by atoms with Gasteiger partial charge in [-0.05, 0) is 33.4 Å². The number of hydrogen-bond acceptors (Lipinski definition) is 4. The van der Waals surface area contributed by atoms with E-state index < -0.39 is 5.97 Å². The number of carboxylic acids is 1. The molecule has 1 aromatic rings. The molecule has 5 heteroatoms. The lowest BCUT2D eigenvalue weighted by molar-refractivity contribution is 0.0703. The van der Waals surface area contributed by atoms with Crippen molar-refractivity contribution in [1.82, 2.24) is 4.90 Å². The van der Waals surface area contributed by atoms with Gasteiger partial charge in [0.05, 0.1) is 5.69 Å². The van der Waals surface area contributed by atoms with Crippen LogP contribution in [0.4, 0.5) is 5.69 Å². The average molecular weight is 240 g/mol. The molecule has 4 nitrogen and oxygen atoms in total. The van der Waals surface area contributed by atoms with Gasteiger partial charge in [0.15, 0.2) is 0 Å². The maximum absolute atomic E-state index is 11.0. The average Bonchev–Trinajstić information content (AvgIpc) is 2.56. The highest BCUT2D eigenvalue weighted by atomic mass is 32.1. The molecule has 1 unspecified atom stereocenters. The number of anilines is 1. The van der Waals surface area contributed by atoms with E-state index in [1.54, 1.807) is 0 Å². The molecular weight excluding hydrogens is 224 g/mol. The molecule has 0 aromatic carbocycles. The van der Waals surface area contributed by atoms with Crippen LogP contribution in [0.3, 0.4) is 0 Å². The van der Waals surface area contributed by atoms with Gasteiger partial charge in [-0.25, -0.2) is 4.79 Å². The Hall–Kier alpha value is -1.07. The van der Waals surface area contributed by atoms with Crippen molar-refractivity contribution in [3.05, 3.63) is 15.3 Å². The van der Waals surface area contributed by atoms with Crippen molar-refractivity contribution < 1.29 is 9.90 Å². The second kappa shape index (κ2) is 4.07. The SMILES string of the molecule is CN(C)C1CCCc2sc(C(=O)O)c(N)c21. The van der Waals surface area contributed by atoms with Crippen molar-refractivity contribution in [2.24, 2.45) is 0 Å². The van der Waals surface area contributed by atoms with Crippen molar-refractivity contribution in [3.8, 4) is 0 Å². The van der Waals surface area contributed by atoms with Gasteiger partial charge >= 0.3 is 5.97 Å². The Morgan fingerprint density at radius 1 is 1.56 bits per heavy atom. The first-order valence-electron chi connectivity index (χ1n) is 5.33. The van der Waals surface area contributed by atoms with Gasteiger partial charge in [0.2, 0.25) is 0 Å². The predicted octanol–water partition coefficient (Wildman–Crippen LogP) is 1.97. The molecular formula is C11H16N2O2S. The summed E-state index contributed by atoms with van der Waals surface area (Å²) in [6.45, 7) is 0. The molecule has 0 radical (unpaired) electrons. The molecule has 0 amide bonds. The predicted molar refractivity (Wildman–Crippen MR) is 65.1 cm³/mol. The smallest absolute Gasteiger partial charge is 0.348 e. The highest BCUT2D eigenvalue weighted by molar-refractivity contribution is 7.14. The minimum absolute atomic E-state index is 0.271. The third-order valence-corrected chi connectivity index (χ3v) is 4.36. The van der Waals surface area contributed by atoms with Crippen LogP contribution in [0.25, 0.3) is 0 Å². The summed E-state index contributed by atoms with van der Waals surface area (Å²) in [5, 5.41) is 9.06. The lowest BCUT2D eigenvalue weighted by Crippen LogP contribution is -2.24. The maximum Gasteiger partial charge on any atom is 0.348 e. The van der Waals surface area contributed by atoms with Gasteiger partial charge in [0.25, 0.3) is 0 Å². The molecule has 16 heavy (non-hydrogen) atoms. The van der Waals surface area contributed by atoms with E-state index in [0.717, 1.165) is 29.7 Å². The molecule has 1 aliphatic carbocycles. The molecule has 1 heterocycles. The van der Waals surface area contributed by atoms with E-state index in [1.807, 2.05) is 14.1 Å². The lowest BCUT2D eigenvalue weighted by Gasteiger charge is -2.29. The molecule has 0 fully saturated rings. The van der Waals surface area contributed by atoms with Crippen LogP contribution in [-0.2, 0) is 6.42 Å². The van der Waals surface area contributed by atoms with Gasteiger partial charge in [0.1, 0.15) is 4.88 Å². The van der Waals surface area contributed by atoms with Crippen molar-refractivity contribution in [3.63, 3.8) is 0 Å². The third kappa shape index (κ3) is 1.70. The first kappa shape index (κ1) is 11.4. The second-order valence-corrected chi connectivity index (χ2v) is 5.46. The van der Waals surface area contributed by atoms with E-state index in [2.05, 4.69) is 4.90 Å². The van der Waals surface area contributed by atoms with E-state index in [9.17, 15) is 4.79 Å². The Kier molecular flexibility index (Phi) is 2.90. The molecule has 0 spiro atoms. The van der Waals surface area contributed by atoms with Gasteiger partial charge in [-0.15, -0.1) is 11.3 Å². The van der Waals surface area contributed by atoms with Gasteiger partial charge in [-0.3, -0.25) is 0 Å². The zero-order chi connectivity index (χ0) is 11.9. The Morgan fingerprint density at radius 2 is 2.25 bits per heavy atom. The first-order chi connectivity index (χ1) is 7.52. The van der Waals surface area contributed by atoms with Gasteiger partial charge in [-0.1, -0.05) is 0 Å². The lowest BCUT2D eigenvalue weighted by atomic mass is 9.92. The highest BCUT2D eigenvalue weighted by Crippen LogP contribution is 2.43. The Labute approximate surface area is 98.7 Å². The highest BCUT2D eigenvalue weighted by Gasteiger charge is 2.29. The van der Waals surface area contributed by atoms with Crippen molar-refractivity contribution >= 4 is 23.0 Å². The van der Waals surface area contributed by atoms with E-state index in [4.69, 9.17) is 10.8 Å². The summed E-state index contributed by atoms with van der Waals surface area (Å²) in [7, 11) is 4.02. The Balaban J connectivity index is 2.51. The number of fused-ring (bicyclic) bond motifs is 1. The van der Waals surface area contributed by atoms with Crippen LogP contribution in [0.1, 0.15) is 39.0 Å². The summed E-state index contributed by atoms with van der Waals surface area (Å²) in [5.41, 5.74) is 7.49. The molecule has 2 rings (SSSR count). The van der Waals surface area contributed by atoms with Crippen molar-refractivity contribution in [2.45, 2.75) is 25.3 Å². The number of thiophene rings is 1. The molecule has 1 aromatic heterocycles. The summed E-state index contributed by atoms with van der Waals surface area (Å²) >= 11 is 1.34. The molecule has 0 bridgehead atoms. The van der Waals surface area contributed by atoms with E-state index >= 15 is 0 Å². The van der Waals surface area contributed by atoms with Crippen molar-refractivity contribution in [1.29, 1.82) is 0 Å². The molecule has 1 atom stereocenters. The fraction of sp³-hybridized carbons (Fsp3) is 0.545. The third-order valence-electron chi connectivity index (χ3n) is 3.09. The van der Waals surface area contributed by atoms with Crippen LogP contribution in [-0.4, -0.2) is 30.1 Å². The van der Waals surface area contributed by atoms with E-state index in [1.165, 1.54) is 11.3 Å². The van der Waals surface area contributed by atoms with Crippen LogP contribution >= 0.6 is 11.3 Å². The zero-order valence-electron chi connectivity index (χ0n) is 9.49. The fourth-order valence-electron chi connectivity index (χ4n) is 2.33. The Bertz CT molecular complexity index is 426. The number of rotatable bonds is 2. The van der Waals surface area contributed by atoms with Gasteiger partial charge in [-0.2, -0.15) is 0 Å². The quantitative estimate of drug-likeness (QED) is 0.829. The van der Waals surface area contributed by atoms with Crippen LogP contribution in [0, 0.1) is 0 Å². The standard InChI is InChI=1S/C11H16N2O2S/c1-13(2)6-4-3-5-7-8(6)9(12)10(16-7)11(14)15/h6H,3-5,12H2,1-2H3,(H,14,15). The Morgan fingerprint density at radius 3 is 2.81 bits per heavy atom. The largest absolute Gasteiger partial charge is 0.477 e. The number of aromatic carboxylic acids is 1. The number of nitrogen functional groups attached to an aromatic ring is 1. The van der Waals surface area contributed by atoms with Crippen LogP contribution in [0.5, 0.6) is 0 Å². The molecule has 0 saturated carbocycles.